The van der Waals surface area contributed by atoms with E-state index in [-0.39, 0.29) is 37.2 Å². The molecule has 2 aromatic rings. The Bertz CT molecular complexity index is 1900. The van der Waals surface area contributed by atoms with Gasteiger partial charge in [0.25, 0.3) is 5.91 Å². The molecule has 0 spiro atoms. The Labute approximate surface area is 336 Å². The van der Waals surface area contributed by atoms with Gasteiger partial charge in [0.05, 0.1) is 13.0 Å². The van der Waals surface area contributed by atoms with E-state index in [1.165, 1.54) is 11.1 Å². The summed E-state index contributed by atoms with van der Waals surface area (Å²) < 4.78 is 5.85. The normalized spacial score (nSPS) is 22.0. The molecule has 7 atom stereocenters. The van der Waals surface area contributed by atoms with Gasteiger partial charge < -0.3 is 47.7 Å². The third-order valence-electron chi connectivity index (χ3n) is 11.7. The number of ketones is 1. The quantitative estimate of drug-likeness (QED) is 0.0559. The molecule has 0 aromatic heterocycles. The van der Waals surface area contributed by atoms with E-state index in [0.29, 0.717) is 41.3 Å². The SMILES string of the molecule is C[C@]12CC[C@@H]3c4ccc(OCC(=O)N[C@@H](CCCN=C(N)N)C(=O)NCC(=O)N[C@H](CC(=O)O)C(=O)N[C@@H](Cc5ccccc5)C(=O)O)cc4CC[C@H]3[C@H]1CCC2=O. The lowest BCUT2D eigenvalue weighted by molar-refractivity contribution is -0.143. The Morgan fingerprint density at radius 1 is 0.897 bits per heavy atom. The van der Waals surface area contributed by atoms with Gasteiger partial charge in [0.1, 0.15) is 29.7 Å². The van der Waals surface area contributed by atoms with E-state index in [9.17, 15) is 43.8 Å². The molecule has 17 nitrogen and oxygen atoms in total. The molecule has 0 saturated heterocycles. The Kier molecular flexibility index (Phi) is 14.5. The zero-order valence-electron chi connectivity index (χ0n) is 32.5. The first kappa shape index (κ1) is 43.1. The first-order valence-corrected chi connectivity index (χ1v) is 19.6. The molecule has 0 radical (unpaired) electrons. The van der Waals surface area contributed by atoms with Crippen molar-refractivity contribution in [3.05, 3.63) is 65.2 Å². The van der Waals surface area contributed by atoms with E-state index in [1.807, 2.05) is 12.1 Å². The number of aliphatic imine (C=N–C) groups is 1. The summed E-state index contributed by atoms with van der Waals surface area (Å²) in [5.41, 5.74) is 13.7. The van der Waals surface area contributed by atoms with Crippen LogP contribution in [0.15, 0.2) is 53.5 Å². The van der Waals surface area contributed by atoms with Crippen molar-refractivity contribution in [3.63, 3.8) is 0 Å². The number of Topliss-reactive ketones (excluding diaryl/α,β-unsaturated/α-hetero) is 1. The molecular formula is C41H53N7O10. The Morgan fingerprint density at radius 2 is 1.64 bits per heavy atom. The lowest BCUT2D eigenvalue weighted by Gasteiger charge is -2.48. The highest BCUT2D eigenvalue weighted by Crippen LogP contribution is 2.59. The second kappa shape index (κ2) is 19.4. The number of hydrogen-bond acceptors (Lipinski definition) is 9. The van der Waals surface area contributed by atoms with Crippen LogP contribution < -0.4 is 37.5 Å². The van der Waals surface area contributed by atoms with Gasteiger partial charge in [-0.3, -0.25) is 33.8 Å². The number of aryl methyl sites for hydroxylation is 1. The molecule has 0 heterocycles. The average molecular weight is 804 g/mol. The fourth-order valence-corrected chi connectivity index (χ4v) is 8.82. The number of ether oxygens (including phenoxy) is 1. The molecule has 312 valence electrons. The number of guanidine groups is 1. The minimum Gasteiger partial charge on any atom is -0.484 e. The van der Waals surface area contributed by atoms with Crippen LogP contribution >= 0.6 is 0 Å². The summed E-state index contributed by atoms with van der Waals surface area (Å²) in [4.78, 5) is 92.2. The lowest BCUT2D eigenvalue weighted by atomic mass is 9.55. The summed E-state index contributed by atoms with van der Waals surface area (Å²) >= 11 is 0. The number of aliphatic carboxylic acids is 2. The molecular weight excluding hydrogens is 750 g/mol. The maximum atomic E-state index is 13.3. The van der Waals surface area contributed by atoms with Crippen molar-refractivity contribution in [1.82, 2.24) is 21.3 Å². The number of fused-ring (bicyclic) bond motifs is 5. The minimum absolute atomic E-state index is 0.0745. The number of carboxylic acid groups (broad SMARTS) is 2. The third kappa shape index (κ3) is 11.1. The molecule has 2 saturated carbocycles. The first-order valence-electron chi connectivity index (χ1n) is 19.6. The van der Waals surface area contributed by atoms with Gasteiger partial charge in [-0.05, 0) is 91.5 Å². The standard InChI is InChI=1S/C41H53N7O10/c1-41-16-15-27-26-12-10-25(19-24(26)9-11-28(27)29(41)13-14-33(41)49)58-22-35(51)46-30(8-5-17-44-40(42)43)37(54)45-21-34(50)47-31(20-36(52)53)38(55)48-32(39(56)57)18-23-6-3-2-4-7-23/h2-4,6-7,10,12,19,27-32H,5,8-9,11,13-18,20-22H2,1H3,(H,45,54)(H,46,51)(H,47,50)(H,48,55)(H,52,53)(H,56,57)(H4,42,43,44)/t27-,28-,29-,30+,31-,32+,41+/m1/s1. The zero-order chi connectivity index (χ0) is 42.0. The number of hydrogen-bond donors (Lipinski definition) is 8. The van der Waals surface area contributed by atoms with Crippen molar-refractivity contribution in [2.75, 3.05) is 19.7 Å². The summed E-state index contributed by atoms with van der Waals surface area (Å²) in [5.74, 6) is -4.10. The zero-order valence-corrected chi connectivity index (χ0v) is 32.5. The van der Waals surface area contributed by atoms with Crippen LogP contribution in [-0.2, 0) is 46.4 Å². The maximum Gasteiger partial charge on any atom is 0.326 e. The highest BCUT2D eigenvalue weighted by molar-refractivity contribution is 5.95. The molecule has 2 aromatic carbocycles. The minimum atomic E-state index is -1.66. The number of nitrogens with one attached hydrogen (secondary N) is 4. The van der Waals surface area contributed by atoms with Gasteiger partial charge in [0.15, 0.2) is 12.6 Å². The second-order valence-corrected chi connectivity index (χ2v) is 15.6. The van der Waals surface area contributed by atoms with Crippen LogP contribution in [0.4, 0.5) is 0 Å². The number of carboxylic acids is 2. The van der Waals surface area contributed by atoms with Crippen molar-refractivity contribution in [1.29, 1.82) is 0 Å². The van der Waals surface area contributed by atoms with Crippen LogP contribution in [0, 0.1) is 17.3 Å². The van der Waals surface area contributed by atoms with Crippen molar-refractivity contribution in [2.24, 2.45) is 33.7 Å². The highest BCUT2D eigenvalue weighted by atomic mass is 16.5. The van der Waals surface area contributed by atoms with Crippen LogP contribution in [0.2, 0.25) is 0 Å². The predicted octanol–water partition coefficient (Wildman–Crippen LogP) is 0.917. The number of carbonyl (C=O) groups is 7. The topological polar surface area (TPSA) is 282 Å². The number of carbonyl (C=O) groups excluding carboxylic acids is 5. The molecule has 4 amide bonds. The van der Waals surface area contributed by atoms with E-state index in [4.69, 9.17) is 16.2 Å². The summed E-state index contributed by atoms with van der Waals surface area (Å²) in [7, 11) is 0. The molecule has 2 fully saturated rings. The van der Waals surface area contributed by atoms with Gasteiger partial charge in [-0.2, -0.15) is 0 Å². The van der Waals surface area contributed by atoms with Crippen molar-refractivity contribution in [3.8, 4) is 5.75 Å². The monoisotopic (exact) mass is 803 g/mol. The van der Waals surface area contributed by atoms with Crippen LogP contribution in [0.25, 0.3) is 0 Å². The molecule has 0 aliphatic heterocycles. The molecule has 3 aliphatic carbocycles. The Hall–Kier alpha value is -6.00. The van der Waals surface area contributed by atoms with E-state index in [1.54, 1.807) is 30.3 Å². The van der Waals surface area contributed by atoms with Gasteiger partial charge in [-0.1, -0.05) is 43.3 Å². The number of nitrogens with two attached hydrogens (primary N) is 2. The van der Waals surface area contributed by atoms with Gasteiger partial charge in [-0.15, -0.1) is 0 Å². The molecule has 3 aliphatic rings. The molecule has 5 rings (SSSR count). The molecule has 58 heavy (non-hydrogen) atoms. The average Bonchev–Trinajstić information content (AvgIpc) is 3.50. The van der Waals surface area contributed by atoms with Crippen LogP contribution in [0.1, 0.15) is 80.9 Å². The molecule has 10 N–H and O–H groups in total. The van der Waals surface area contributed by atoms with E-state index >= 15 is 0 Å². The van der Waals surface area contributed by atoms with Gasteiger partial charge >= 0.3 is 11.9 Å². The maximum absolute atomic E-state index is 13.3. The van der Waals surface area contributed by atoms with Crippen LogP contribution in [-0.4, -0.2) is 95.3 Å². The predicted molar refractivity (Wildman–Crippen MR) is 210 cm³/mol. The summed E-state index contributed by atoms with van der Waals surface area (Å²) in [6, 6.07) is 10.1. The van der Waals surface area contributed by atoms with Gasteiger partial charge in [0.2, 0.25) is 17.7 Å². The third-order valence-corrected chi connectivity index (χ3v) is 11.7. The van der Waals surface area contributed by atoms with Crippen molar-refractivity contribution in [2.45, 2.75) is 95.2 Å². The molecule has 0 bridgehead atoms. The highest BCUT2D eigenvalue weighted by Gasteiger charge is 2.54. The van der Waals surface area contributed by atoms with Gasteiger partial charge in [0, 0.05) is 24.8 Å². The van der Waals surface area contributed by atoms with E-state index < -0.39 is 73.3 Å². The largest absolute Gasteiger partial charge is 0.484 e. The second-order valence-electron chi connectivity index (χ2n) is 15.6. The fraction of sp³-hybridized carbons (Fsp3) is 0.512. The van der Waals surface area contributed by atoms with Crippen LogP contribution in [0.5, 0.6) is 5.75 Å². The van der Waals surface area contributed by atoms with Crippen molar-refractivity contribution < 1.29 is 48.5 Å². The first-order chi connectivity index (χ1) is 27.6. The number of amides is 4. The molecule has 0 unspecified atom stereocenters. The summed E-state index contributed by atoms with van der Waals surface area (Å²) in [5, 5.41) is 28.6. The van der Waals surface area contributed by atoms with Crippen molar-refractivity contribution >= 4 is 47.3 Å². The lowest BCUT2D eigenvalue weighted by Crippen LogP contribution is -2.55. The van der Waals surface area contributed by atoms with Crippen LogP contribution in [0.3, 0.4) is 0 Å². The Morgan fingerprint density at radius 3 is 2.34 bits per heavy atom. The van der Waals surface area contributed by atoms with Gasteiger partial charge in [-0.25, -0.2) is 4.79 Å². The number of rotatable bonds is 19. The fourth-order valence-electron chi connectivity index (χ4n) is 8.82. The summed E-state index contributed by atoms with van der Waals surface area (Å²) in [6.07, 6.45) is 4.74. The number of nitrogens with zero attached hydrogens (tertiary/aromatic N) is 1. The smallest absolute Gasteiger partial charge is 0.326 e. The van der Waals surface area contributed by atoms with E-state index in [2.05, 4.69) is 39.2 Å². The van der Waals surface area contributed by atoms with E-state index in [0.717, 1.165) is 32.1 Å². The summed E-state index contributed by atoms with van der Waals surface area (Å²) in [6.45, 7) is 1.20. The molecule has 17 heteroatoms. The Balaban J connectivity index is 1.15. The number of benzene rings is 2.